The van der Waals surface area contributed by atoms with Crippen molar-refractivity contribution < 1.29 is 23.5 Å². The van der Waals surface area contributed by atoms with Crippen molar-refractivity contribution in [1.82, 2.24) is 20.5 Å². The highest BCUT2D eigenvalue weighted by Gasteiger charge is 2.38. The van der Waals surface area contributed by atoms with Crippen LogP contribution in [0, 0.1) is 5.92 Å². The van der Waals surface area contributed by atoms with Gasteiger partial charge in [-0.1, -0.05) is 6.07 Å². The lowest BCUT2D eigenvalue weighted by Crippen LogP contribution is -2.48. The number of aliphatic carboxylic acids is 1. The van der Waals surface area contributed by atoms with Gasteiger partial charge >= 0.3 is 5.97 Å². The van der Waals surface area contributed by atoms with Crippen molar-refractivity contribution in [2.24, 2.45) is 5.92 Å². The molecule has 3 heterocycles. The van der Waals surface area contributed by atoms with Crippen LogP contribution in [0.1, 0.15) is 62.6 Å². The van der Waals surface area contributed by atoms with Crippen LogP contribution in [0.3, 0.4) is 0 Å². The summed E-state index contributed by atoms with van der Waals surface area (Å²) >= 11 is 0. The molecule has 10 heteroatoms. The van der Waals surface area contributed by atoms with Crippen molar-refractivity contribution in [1.29, 1.82) is 0 Å². The summed E-state index contributed by atoms with van der Waals surface area (Å²) in [6.45, 7) is 3.98. The van der Waals surface area contributed by atoms with E-state index in [9.17, 15) is 23.5 Å². The summed E-state index contributed by atoms with van der Waals surface area (Å²) in [7, 11) is 0. The lowest BCUT2D eigenvalue weighted by atomic mass is 9.86. The third-order valence-electron chi connectivity index (χ3n) is 7.55. The minimum atomic E-state index is -2.71. The third kappa shape index (κ3) is 7.33. The van der Waals surface area contributed by atoms with Crippen LogP contribution in [0.15, 0.2) is 12.1 Å². The molecule has 1 amide bonds. The van der Waals surface area contributed by atoms with Gasteiger partial charge in [0, 0.05) is 44.4 Å². The van der Waals surface area contributed by atoms with E-state index in [1.807, 2.05) is 0 Å². The van der Waals surface area contributed by atoms with Crippen molar-refractivity contribution in [2.45, 2.75) is 82.3 Å². The van der Waals surface area contributed by atoms with Gasteiger partial charge < -0.3 is 26.0 Å². The van der Waals surface area contributed by atoms with Gasteiger partial charge in [-0.05, 0) is 69.7 Å². The zero-order valence-corrected chi connectivity index (χ0v) is 20.2. The fourth-order valence-corrected chi connectivity index (χ4v) is 5.24. The first-order valence-electron chi connectivity index (χ1n) is 12.9. The van der Waals surface area contributed by atoms with E-state index in [2.05, 4.69) is 33.0 Å². The number of amides is 1. The van der Waals surface area contributed by atoms with E-state index in [1.165, 1.54) is 5.56 Å². The summed E-state index contributed by atoms with van der Waals surface area (Å²) in [5.41, 5.74) is 2.31. The largest absolute Gasteiger partial charge is 0.480 e. The molecule has 1 aliphatic carbocycles. The fourth-order valence-electron chi connectivity index (χ4n) is 5.24. The predicted molar refractivity (Wildman–Crippen MR) is 128 cm³/mol. The molecular formula is C25H37F2N5O3. The molecule has 2 aliphatic heterocycles. The van der Waals surface area contributed by atoms with E-state index in [1.54, 1.807) is 0 Å². The minimum absolute atomic E-state index is 0.100. The summed E-state index contributed by atoms with van der Waals surface area (Å²) < 4.78 is 26.7. The monoisotopic (exact) mass is 493 g/mol. The van der Waals surface area contributed by atoms with Gasteiger partial charge in [0.25, 0.3) is 0 Å². The first-order valence-corrected chi connectivity index (χ1v) is 12.9. The number of halogens is 2. The highest BCUT2D eigenvalue weighted by atomic mass is 19.3. The molecule has 194 valence electrons. The maximum absolute atomic E-state index is 13.3. The number of nitrogens with zero attached hydrogens (tertiary/aromatic N) is 2. The summed E-state index contributed by atoms with van der Waals surface area (Å²) in [5.74, 6) is -3.73. The Hall–Kier alpha value is -2.33. The SMILES string of the molecule is O=C(NC(CCN1CCC(NCc2ccc3c(n2)NCCC3)CC1)C(=O)O)C1CCC(F)(F)CC1. The topological polar surface area (TPSA) is 107 Å². The van der Waals surface area contributed by atoms with Crippen LogP contribution in [0.5, 0.6) is 0 Å². The standard InChI is InChI=1S/C25H37F2N5O3/c26-25(27)10-5-18(6-11-25)23(33)31-21(24(34)35)9-15-32-13-7-19(8-14-32)29-16-20-4-3-17-2-1-12-28-22(17)30-20/h3-4,18-19,21,29H,1-2,5-16H2,(H,28,30)(H,31,33)(H,34,35). The maximum Gasteiger partial charge on any atom is 0.326 e. The van der Waals surface area contributed by atoms with Gasteiger partial charge in [0.2, 0.25) is 11.8 Å². The number of rotatable bonds is 9. The minimum Gasteiger partial charge on any atom is -0.480 e. The average molecular weight is 494 g/mol. The molecule has 1 saturated heterocycles. The maximum atomic E-state index is 13.3. The summed E-state index contributed by atoms with van der Waals surface area (Å²) in [6, 6.07) is 3.64. The molecule has 1 unspecified atom stereocenters. The zero-order chi connectivity index (χ0) is 24.8. The zero-order valence-electron chi connectivity index (χ0n) is 20.2. The van der Waals surface area contributed by atoms with Gasteiger partial charge in [-0.15, -0.1) is 0 Å². The van der Waals surface area contributed by atoms with E-state index in [0.29, 0.717) is 19.0 Å². The number of anilines is 1. The highest BCUT2D eigenvalue weighted by molar-refractivity contribution is 5.85. The second-order valence-electron chi connectivity index (χ2n) is 10.2. The van der Waals surface area contributed by atoms with Crippen molar-refractivity contribution in [2.75, 3.05) is 31.5 Å². The summed E-state index contributed by atoms with van der Waals surface area (Å²) in [5, 5.41) is 19.1. The molecule has 4 N–H and O–H groups in total. The number of carbonyl (C=O) groups is 2. The average Bonchev–Trinajstić information content (AvgIpc) is 2.85. The molecule has 3 aliphatic rings. The Morgan fingerprint density at radius 3 is 2.66 bits per heavy atom. The number of alkyl halides is 2. The Labute approximate surface area is 205 Å². The lowest BCUT2D eigenvalue weighted by molar-refractivity contribution is -0.143. The smallest absolute Gasteiger partial charge is 0.326 e. The fraction of sp³-hybridized carbons (Fsp3) is 0.720. The molecule has 8 nitrogen and oxygen atoms in total. The number of carbonyl (C=O) groups excluding carboxylic acids is 1. The Bertz CT molecular complexity index is 882. The molecular weight excluding hydrogens is 456 g/mol. The van der Waals surface area contributed by atoms with Crippen LogP contribution in [0.2, 0.25) is 0 Å². The van der Waals surface area contributed by atoms with Gasteiger partial charge in [0.1, 0.15) is 11.9 Å². The van der Waals surface area contributed by atoms with Gasteiger partial charge in [-0.3, -0.25) is 4.79 Å². The summed E-state index contributed by atoms with van der Waals surface area (Å²) in [4.78, 5) is 31.1. The second kappa shape index (κ2) is 11.6. The molecule has 1 atom stereocenters. The van der Waals surface area contributed by atoms with E-state index < -0.39 is 29.8 Å². The van der Waals surface area contributed by atoms with Gasteiger partial charge in [-0.25, -0.2) is 18.6 Å². The Morgan fingerprint density at radius 2 is 1.94 bits per heavy atom. The number of aromatic nitrogens is 1. The van der Waals surface area contributed by atoms with Gasteiger partial charge in [-0.2, -0.15) is 0 Å². The Balaban J connectivity index is 1.16. The van der Waals surface area contributed by atoms with Crippen molar-refractivity contribution in [3.63, 3.8) is 0 Å². The third-order valence-corrected chi connectivity index (χ3v) is 7.55. The second-order valence-corrected chi connectivity index (χ2v) is 10.2. The van der Waals surface area contributed by atoms with Crippen molar-refractivity contribution in [3.8, 4) is 0 Å². The number of nitrogens with one attached hydrogen (secondary N) is 3. The normalized spacial score (nSPS) is 22.1. The molecule has 1 saturated carbocycles. The molecule has 0 radical (unpaired) electrons. The first-order chi connectivity index (χ1) is 16.8. The number of carboxylic acids is 1. The van der Waals surface area contributed by atoms with Gasteiger partial charge in [0.15, 0.2) is 0 Å². The van der Waals surface area contributed by atoms with Crippen LogP contribution in [0.25, 0.3) is 0 Å². The van der Waals surface area contributed by atoms with Crippen molar-refractivity contribution in [3.05, 3.63) is 23.4 Å². The van der Waals surface area contributed by atoms with Crippen LogP contribution in [0.4, 0.5) is 14.6 Å². The number of hydrogen-bond donors (Lipinski definition) is 4. The number of pyridine rings is 1. The summed E-state index contributed by atoms with van der Waals surface area (Å²) in [6.07, 6.45) is 4.02. The van der Waals surface area contributed by atoms with Crippen LogP contribution < -0.4 is 16.0 Å². The Morgan fingerprint density at radius 1 is 1.20 bits per heavy atom. The number of carboxylic acid groups (broad SMARTS) is 1. The highest BCUT2D eigenvalue weighted by Crippen LogP contribution is 2.36. The molecule has 4 rings (SSSR count). The lowest BCUT2D eigenvalue weighted by Gasteiger charge is -2.33. The van der Waals surface area contributed by atoms with Crippen LogP contribution >= 0.6 is 0 Å². The molecule has 2 fully saturated rings. The van der Waals surface area contributed by atoms with E-state index >= 15 is 0 Å². The van der Waals surface area contributed by atoms with Gasteiger partial charge in [0.05, 0.1) is 5.69 Å². The van der Waals surface area contributed by atoms with E-state index in [0.717, 1.165) is 63.4 Å². The molecule has 35 heavy (non-hydrogen) atoms. The van der Waals surface area contributed by atoms with E-state index in [4.69, 9.17) is 4.98 Å². The predicted octanol–water partition coefficient (Wildman–Crippen LogP) is 2.78. The quantitative estimate of drug-likeness (QED) is 0.419. The number of likely N-dealkylation sites (tertiary alicyclic amines) is 1. The molecule has 0 aromatic carbocycles. The number of hydrogen-bond acceptors (Lipinski definition) is 6. The first kappa shape index (κ1) is 25.8. The number of piperidine rings is 1. The number of aryl methyl sites for hydroxylation is 1. The molecule has 0 bridgehead atoms. The number of fused-ring (bicyclic) bond motifs is 1. The van der Waals surface area contributed by atoms with Crippen LogP contribution in [-0.2, 0) is 22.6 Å². The van der Waals surface area contributed by atoms with E-state index in [-0.39, 0.29) is 25.7 Å². The molecule has 1 aromatic heterocycles. The molecule has 0 spiro atoms. The van der Waals surface area contributed by atoms with Crippen LogP contribution in [-0.4, -0.2) is 71.1 Å². The molecule has 1 aromatic rings. The Kier molecular flexibility index (Phi) is 8.54. The van der Waals surface area contributed by atoms with Crippen molar-refractivity contribution >= 4 is 17.7 Å².